The van der Waals surface area contributed by atoms with Gasteiger partial charge in [-0.3, -0.25) is 9.69 Å². The van der Waals surface area contributed by atoms with E-state index in [1.807, 2.05) is 43.3 Å². The minimum Gasteiger partial charge on any atom is -0.481 e. The molecule has 0 bridgehead atoms. The van der Waals surface area contributed by atoms with Crippen molar-refractivity contribution in [1.29, 1.82) is 0 Å². The lowest BCUT2D eigenvalue weighted by atomic mass is 9.96. The number of fused-ring (bicyclic) bond motifs is 2. The lowest BCUT2D eigenvalue weighted by Crippen LogP contribution is -2.50. The number of hydrogen-bond donors (Lipinski definition) is 3. The topological polar surface area (TPSA) is 126 Å². The Morgan fingerprint density at radius 2 is 1.90 bits per heavy atom. The van der Waals surface area contributed by atoms with Gasteiger partial charge >= 0.3 is 6.03 Å². The second-order valence-electron chi connectivity index (χ2n) is 12.8. The van der Waals surface area contributed by atoms with Gasteiger partial charge in [0, 0.05) is 66.2 Å². The first kappa shape index (κ1) is 32.5. The number of aromatic nitrogens is 4. The molecule has 5 aromatic rings. The molecule has 1 aliphatic carbocycles. The average Bonchev–Trinajstić information content (AvgIpc) is 3.54. The molecule has 252 valence electrons. The van der Waals surface area contributed by atoms with Crippen molar-refractivity contribution in [2.75, 3.05) is 32.6 Å². The third-order valence-electron chi connectivity index (χ3n) is 9.81. The maximum Gasteiger partial charge on any atom is 0.315 e. The first-order valence-corrected chi connectivity index (χ1v) is 16.9. The molecule has 2 aliphatic rings. The van der Waals surface area contributed by atoms with E-state index in [0.29, 0.717) is 34.0 Å². The second-order valence-corrected chi connectivity index (χ2v) is 13.1. The summed E-state index contributed by atoms with van der Waals surface area (Å²) in [6.07, 6.45) is 7.02. The van der Waals surface area contributed by atoms with Crippen molar-refractivity contribution >= 4 is 39.9 Å². The number of ether oxygens (including phenoxy) is 1. The molecular formula is C37H39ClN8O3. The van der Waals surface area contributed by atoms with E-state index in [1.165, 1.54) is 10.2 Å². The Kier molecular flexibility index (Phi) is 8.96. The zero-order chi connectivity index (χ0) is 34.2. The molecule has 2 aromatic carbocycles. The largest absolute Gasteiger partial charge is 0.481 e. The standard InChI is InChI=1S/C37H39ClN8O3/c1-21-25(7-6-10-28(21)43-34-32-23(13-16-39-34)20-41-46(3)36(32)47)26-8-5-9-27(33(26)38)29-19-22-11-12-30(31(22)35(44-29)49-4)45(2)18-15-24-14-17-40-37(48)42-24/h5-10,13,16,19-20,24,30H,11-12,14-15,17-18H2,1-4H3,(H,39,43)(H2,40,42,48). The lowest BCUT2D eigenvalue weighted by molar-refractivity contribution is 0.208. The molecule has 2 atom stereocenters. The van der Waals surface area contributed by atoms with Crippen LogP contribution in [-0.4, -0.2) is 64.0 Å². The van der Waals surface area contributed by atoms with Gasteiger partial charge < -0.3 is 20.7 Å². The summed E-state index contributed by atoms with van der Waals surface area (Å²) in [6.45, 7) is 3.59. The number of carbonyl (C=O) groups is 1. The molecule has 0 radical (unpaired) electrons. The number of anilines is 2. The smallest absolute Gasteiger partial charge is 0.315 e. The molecule has 49 heavy (non-hydrogen) atoms. The Labute approximate surface area is 289 Å². The van der Waals surface area contributed by atoms with E-state index >= 15 is 0 Å². The van der Waals surface area contributed by atoms with E-state index in [-0.39, 0.29) is 23.7 Å². The number of urea groups is 1. The third kappa shape index (κ3) is 6.20. The minimum atomic E-state index is -0.222. The van der Waals surface area contributed by atoms with Crippen molar-refractivity contribution < 1.29 is 9.53 Å². The number of pyridine rings is 2. The van der Waals surface area contributed by atoms with Gasteiger partial charge in [0.2, 0.25) is 5.88 Å². The normalized spacial score (nSPS) is 17.1. The summed E-state index contributed by atoms with van der Waals surface area (Å²) in [7, 11) is 5.43. The van der Waals surface area contributed by atoms with Crippen LogP contribution in [0.3, 0.4) is 0 Å². The van der Waals surface area contributed by atoms with E-state index in [0.717, 1.165) is 71.4 Å². The van der Waals surface area contributed by atoms with Crippen LogP contribution in [0.4, 0.5) is 16.3 Å². The number of rotatable bonds is 9. The summed E-state index contributed by atoms with van der Waals surface area (Å²) < 4.78 is 7.22. The summed E-state index contributed by atoms with van der Waals surface area (Å²) in [5.41, 5.74) is 7.29. The van der Waals surface area contributed by atoms with Crippen LogP contribution in [-0.2, 0) is 13.5 Å². The van der Waals surface area contributed by atoms with Crippen LogP contribution in [0.25, 0.3) is 33.2 Å². The molecule has 2 unspecified atom stereocenters. The SMILES string of the molecule is COc1nc(-c2cccc(-c3cccc(Nc4nccc5cnn(C)c(=O)c45)c3C)c2Cl)cc2c1C(N(C)CCC1CCNC(=O)N1)CC2. The number of methoxy groups -OCH3 is 1. The van der Waals surface area contributed by atoms with Crippen molar-refractivity contribution in [3.63, 3.8) is 0 Å². The number of hydrogen-bond acceptors (Lipinski definition) is 8. The Morgan fingerprint density at radius 3 is 2.71 bits per heavy atom. The van der Waals surface area contributed by atoms with Crippen LogP contribution >= 0.6 is 11.6 Å². The van der Waals surface area contributed by atoms with E-state index in [4.69, 9.17) is 21.3 Å². The fourth-order valence-electron chi connectivity index (χ4n) is 7.11. The van der Waals surface area contributed by atoms with Gasteiger partial charge in [-0.2, -0.15) is 5.10 Å². The molecular weight excluding hydrogens is 640 g/mol. The fourth-order valence-corrected chi connectivity index (χ4v) is 7.44. The van der Waals surface area contributed by atoms with Crippen LogP contribution in [0.5, 0.6) is 5.88 Å². The molecule has 11 nitrogen and oxygen atoms in total. The zero-order valence-corrected chi connectivity index (χ0v) is 28.8. The Bertz CT molecular complexity index is 2130. The monoisotopic (exact) mass is 678 g/mol. The zero-order valence-electron chi connectivity index (χ0n) is 28.0. The van der Waals surface area contributed by atoms with E-state index in [1.54, 1.807) is 32.6 Å². The number of benzene rings is 2. The molecule has 1 fully saturated rings. The van der Waals surface area contributed by atoms with Gasteiger partial charge in [-0.1, -0.05) is 41.9 Å². The number of nitrogens with zero attached hydrogens (tertiary/aromatic N) is 5. The Hall–Kier alpha value is -5.00. The van der Waals surface area contributed by atoms with Gasteiger partial charge in [0.05, 0.1) is 29.4 Å². The molecule has 1 aliphatic heterocycles. The molecule has 0 saturated carbocycles. The van der Waals surface area contributed by atoms with Gasteiger partial charge in [0.1, 0.15) is 5.82 Å². The predicted molar refractivity (Wildman–Crippen MR) is 193 cm³/mol. The van der Waals surface area contributed by atoms with Gasteiger partial charge in [-0.25, -0.2) is 19.4 Å². The molecule has 7 rings (SSSR count). The minimum absolute atomic E-state index is 0.0878. The summed E-state index contributed by atoms with van der Waals surface area (Å²) >= 11 is 7.22. The number of carbonyl (C=O) groups excluding carboxylic acids is 1. The van der Waals surface area contributed by atoms with Crippen LogP contribution < -0.4 is 26.2 Å². The van der Waals surface area contributed by atoms with Crippen molar-refractivity contribution in [2.45, 2.75) is 44.7 Å². The van der Waals surface area contributed by atoms with Crippen molar-refractivity contribution in [3.8, 4) is 28.3 Å². The highest BCUT2D eigenvalue weighted by Gasteiger charge is 2.32. The van der Waals surface area contributed by atoms with Gasteiger partial charge in [-0.05, 0) is 74.5 Å². The summed E-state index contributed by atoms with van der Waals surface area (Å²) in [4.78, 5) is 36.6. The highest BCUT2D eigenvalue weighted by atomic mass is 35.5. The first-order valence-electron chi connectivity index (χ1n) is 16.5. The van der Waals surface area contributed by atoms with Gasteiger partial charge in [-0.15, -0.1) is 0 Å². The second kappa shape index (κ2) is 13.5. The highest BCUT2D eigenvalue weighted by Crippen LogP contribution is 2.44. The fraction of sp³-hybridized carbons (Fsp3) is 0.324. The number of nitrogens with one attached hydrogen (secondary N) is 3. The quantitative estimate of drug-likeness (QED) is 0.170. The Balaban J connectivity index is 1.18. The van der Waals surface area contributed by atoms with Gasteiger partial charge in [0.25, 0.3) is 5.56 Å². The average molecular weight is 679 g/mol. The van der Waals surface area contributed by atoms with Crippen LogP contribution in [0.2, 0.25) is 5.02 Å². The molecule has 3 aromatic heterocycles. The summed E-state index contributed by atoms with van der Waals surface area (Å²) in [5, 5.41) is 15.2. The van der Waals surface area contributed by atoms with Crippen LogP contribution in [0.15, 0.2) is 65.7 Å². The predicted octanol–water partition coefficient (Wildman–Crippen LogP) is 6.15. The Morgan fingerprint density at radius 1 is 1.10 bits per heavy atom. The number of amides is 2. The lowest BCUT2D eigenvalue weighted by Gasteiger charge is -2.30. The summed E-state index contributed by atoms with van der Waals surface area (Å²) in [5.74, 6) is 1.09. The molecule has 4 heterocycles. The molecule has 3 N–H and O–H groups in total. The van der Waals surface area contributed by atoms with E-state index in [9.17, 15) is 9.59 Å². The maximum absolute atomic E-state index is 13.0. The molecule has 12 heteroatoms. The van der Waals surface area contributed by atoms with Crippen molar-refractivity contribution in [2.24, 2.45) is 7.05 Å². The van der Waals surface area contributed by atoms with E-state index in [2.05, 4.69) is 44.0 Å². The van der Waals surface area contributed by atoms with Crippen molar-refractivity contribution in [1.82, 2.24) is 35.3 Å². The molecule has 0 spiro atoms. The third-order valence-corrected chi connectivity index (χ3v) is 10.2. The number of halogens is 1. The first-order chi connectivity index (χ1) is 23.7. The molecule has 1 saturated heterocycles. The van der Waals surface area contributed by atoms with Crippen molar-refractivity contribution in [3.05, 3.63) is 93.0 Å². The van der Waals surface area contributed by atoms with Crippen LogP contribution in [0, 0.1) is 6.92 Å². The van der Waals surface area contributed by atoms with Crippen LogP contribution in [0.1, 0.15) is 42.0 Å². The van der Waals surface area contributed by atoms with E-state index < -0.39 is 0 Å². The summed E-state index contributed by atoms with van der Waals surface area (Å²) in [6, 6.07) is 16.2. The molecule has 2 amide bonds. The maximum atomic E-state index is 13.0. The van der Waals surface area contributed by atoms with Gasteiger partial charge in [0.15, 0.2) is 0 Å². The number of aryl methyl sites for hydroxylation is 2. The highest BCUT2D eigenvalue weighted by molar-refractivity contribution is 6.36.